The maximum absolute atomic E-state index is 11.9. The van der Waals surface area contributed by atoms with Gasteiger partial charge in [-0.15, -0.1) is 0 Å². The topological polar surface area (TPSA) is 25.2 Å². The first-order chi connectivity index (χ1) is 9.16. The van der Waals surface area contributed by atoms with E-state index in [9.17, 15) is 4.79 Å². The number of hydrogen-bond acceptors (Lipinski definition) is 2. The minimum absolute atomic E-state index is 0.281. The predicted octanol–water partition coefficient (Wildman–Crippen LogP) is 3.06. The zero-order valence-corrected chi connectivity index (χ0v) is 11.4. The Kier molecular flexibility index (Phi) is 2.90. The maximum atomic E-state index is 11.9. The number of carbonyl (C=O) groups is 1. The first-order valence-electron chi connectivity index (χ1n) is 6.68. The molecule has 0 bridgehead atoms. The summed E-state index contributed by atoms with van der Waals surface area (Å²) in [5, 5.41) is 0. The predicted molar refractivity (Wildman–Crippen MR) is 77.4 cm³/mol. The zero-order chi connectivity index (χ0) is 13.4. The highest BCUT2D eigenvalue weighted by Crippen LogP contribution is 2.26. The van der Waals surface area contributed by atoms with Crippen LogP contribution >= 0.6 is 0 Å². The molecule has 0 radical (unpaired) electrons. The summed E-state index contributed by atoms with van der Waals surface area (Å²) in [4.78, 5) is 14.0. The molecule has 1 aromatic carbocycles. The standard InChI is InChI=1S/C16H18N2O/c1-17(2)12-5-3-6-13(11-12)18-10-9-14-15(18)7-4-8-16(14)19/h3,5-6,9-11H,4,7-8H2,1-2H3. The van der Waals surface area contributed by atoms with Gasteiger partial charge in [0, 0.05) is 49.3 Å². The summed E-state index contributed by atoms with van der Waals surface area (Å²) in [5.74, 6) is 0.281. The van der Waals surface area contributed by atoms with Crippen LogP contribution in [0, 0.1) is 0 Å². The van der Waals surface area contributed by atoms with Crippen LogP contribution in [0.25, 0.3) is 5.69 Å². The molecule has 19 heavy (non-hydrogen) atoms. The normalized spacial score (nSPS) is 14.3. The van der Waals surface area contributed by atoms with Crippen LogP contribution in [0.5, 0.6) is 0 Å². The number of hydrogen-bond donors (Lipinski definition) is 0. The number of aromatic nitrogens is 1. The van der Waals surface area contributed by atoms with E-state index in [0.717, 1.165) is 29.8 Å². The minimum atomic E-state index is 0.281. The number of fused-ring (bicyclic) bond motifs is 1. The van der Waals surface area contributed by atoms with Gasteiger partial charge in [-0.05, 0) is 37.1 Å². The lowest BCUT2D eigenvalue weighted by Crippen LogP contribution is -2.13. The van der Waals surface area contributed by atoms with E-state index in [1.54, 1.807) is 0 Å². The van der Waals surface area contributed by atoms with Crippen molar-refractivity contribution in [1.82, 2.24) is 4.57 Å². The summed E-state index contributed by atoms with van der Waals surface area (Å²) in [6.07, 6.45) is 4.65. The van der Waals surface area contributed by atoms with Gasteiger partial charge in [0.1, 0.15) is 0 Å². The zero-order valence-electron chi connectivity index (χ0n) is 11.4. The van der Waals surface area contributed by atoms with Crippen LogP contribution in [-0.2, 0) is 6.42 Å². The largest absolute Gasteiger partial charge is 0.378 e. The van der Waals surface area contributed by atoms with E-state index in [4.69, 9.17) is 0 Å². The van der Waals surface area contributed by atoms with Crippen LogP contribution in [0.2, 0.25) is 0 Å². The Hall–Kier alpha value is -2.03. The van der Waals surface area contributed by atoms with E-state index < -0.39 is 0 Å². The van der Waals surface area contributed by atoms with E-state index in [1.807, 2.05) is 26.4 Å². The van der Waals surface area contributed by atoms with E-state index >= 15 is 0 Å². The van der Waals surface area contributed by atoms with Crippen molar-refractivity contribution in [3.63, 3.8) is 0 Å². The molecule has 0 aliphatic heterocycles. The minimum Gasteiger partial charge on any atom is -0.378 e. The van der Waals surface area contributed by atoms with Gasteiger partial charge in [0.05, 0.1) is 0 Å². The van der Waals surface area contributed by atoms with Crippen LogP contribution < -0.4 is 4.90 Å². The average Bonchev–Trinajstić information content (AvgIpc) is 2.84. The van der Waals surface area contributed by atoms with Gasteiger partial charge in [0.15, 0.2) is 5.78 Å². The van der Waals surface area contributed by atoms with E-state index in [0.29, 0.717) is 6.42 Å². The SMILES string of the molecule is CN(C)c1cccc(-n2ccc3c2CCCC3=O)c1. The van der Waals surface area contributed by atoms with Crippen molar-refractivity contribution in [1.29, 1.82) is 0 Å². The van der Waals surface area contributed by atoms with Crippen molar-refractivity contribution >= 4 is 11.5 Å². The number of Topliss-reactive ketones (excluding diaryl/α,β-unsaturated/α-hetero) is 1. The Labute approximate surface area is 113 Å². The molecule has 1 aliphatic rings. The smallest absolute Gasteiger partial charge is 0.164 e. The molecule has 0 spiro atoms. The van der Waals surface area contributed by atoms with E-state index in [2.05, 4.69) is 33.7 Å². The third kappa shape index (κ3) is 2.05. The number of ketones is 1. The lowest BCUT2D eigenvalue weighted by molar-refractivity contribution is 0.0972. The van der Waals surface area contributed by atoms with Gasteiger partial charge >= 0.3 is 0 Å². The third-order valence-electron chi connectivity index (χ3n) is 3.73. The highest BCUT2D eigenvalue weighted by Gasteiger charge is 2.21. The maximum Gasteiger partial charge on any atom is 0.164 e. The van der Waals surface area contributed by atoms with Gasteiger partial charge in [-0.1, -0.05) is 6.07 Å². The Bertz CT molecular complexity index is 625. The summed E-state index contributed by atoms with van der Waals surface area (Å²) < 4.78 is 2.15. The van der Waals surface area contributed by atoms with Crippen LogP contribution in [0.15, 0.2) is 36.5 Å². The molecule has 0 N–H and O–H groups in total. The highest BCUT2D eigenvalue weighted by molar-refractivity contribution is 5.98. The van der Waals surface area contributed by atoms with Gasteiger partial charge in [0.2, 0.25) is 0 Å². The number of anilines is 1. The molecule has 3 heteroatoms. The van der Waals surface area contributed by atoms with Crippen LogP contribution in [-0.4, -0.2) is 24.4 Å². The number of rotatable bonds is 2. The Morgan fingerprint density at radius 3 is 2.79 bits per heavy atom. The first-order valence-corrected chi connectivity index (χ1v) is 6.68. The van der Waals surface area contributed by atoms with Crippen molar-refractivity contribution in [3.05, 3.63) is 47.8 Å². The number of carbonyl (C=O) groups excluding carboxylic acids is 1. The van der Waals surface area contributed by atoms with Crippen molar-refractivity contribution in [2.24, 2.45) is 0 Å². The van der Waals surface area contributed by atoms with Crippen LogP contribution in [0.4, 0.5) is 5.69 Å². The van der Waals surface area contributed by atoms with Gasteiger partial charge in [-0.3, -0.25) is 4.79 Å². The lowest BCUT2D eigenvalue weighted by Gasteiger charge is -2.17. The van der Waals surface area contributed by atoms with E-state index in [-0.39, 0.29) is 5.78 Å². The summed E-state index contributed by atoms with van der Waals surface area (Å²) in [6, 6.07) is 10.3. The monoisotopic (exact) mass is 254 g/mol. The van der Waals surface area contributed by atoms with Gasteiger partial charge in [0.25, 0.3) is 0 Å². The van der Waals surface area contributed by atoms with Gasteiger partial charge < -0.3 is 9.47 Å². The van der Waals surface area contributed by atoms with Crippen LogP contribution in [0.1, 0.15) is 28.9 Å². The second-order valence-corrected chi connectivity index (χ2v) is 5.24. The fraction of sp³-hybridized carbons (Fsp3) is 0.312. The van der Waals surface area contributed by atoms with Crippen molar-refractivity contribution in [3.8, 4) is 5.69 Å². The molecule has 1 aromatic heterocycles. The molecular formula is C16H18N2O. The lowest BCUT2D eigenvalue weighted by atomic mass is 9.97. The summed E-state index contributed by atoms with van der Waals surface area (Å²) >= 11 is 0. The van der Waals surface area contributed by atoms with Crippen molar-refractivity contribution < 1.29 is 4.79 Å². The first kappa shape index (κ1) is 12.0. The average molecular weight is 254 g/mol. The Morgan fingerprint density at radius 2 is 2.00 bits per heavy atom. The van der Waals surface area contributed by atoms with Crippen molar-refractivity contribution in [2.45, 2.75) is 19.3 Å². The quantitative estimate of drug-likeness (QED) is 0.823. The molecular weight excluding hydrogens is 236 g/mol. The molecule has 0 unspecified atom stereocenters. The molecule has 1 heterocycles. The summed E-state index contributed by atoms with van der Waals surface area (Å²) in [6.45, 7) is 0. The Balaban J connectivity index is 2.08. The molecule has 0 saturated carbocycles. The second kappa shape index (κ2) is 4.57. The summed E-state index contributed by atoms with van der Waals surface area (Å²) in [5.41, 5.74) is 4.36. The van der Waals surface area contributed by atoms with Crippen molar-refractivity contribution in [2.75, 3.05) is 19.0 Å². The molecule has 0 amide bonds. The fourth-order valence-electron chi connectivity index (χ4n) is 2.69. The second-order valence-electron chi connectivity index (χ2n) is 5.24. The third-order valence-corrected chi connectivity index (χ3v) is 3.73. The Morgan fingerprint density at radius 1 is 1.16 bits per heavy atom. The fourth-order valence-corrected chi connectivity index (χ4v) is 2.69. The summed E-state index contributed by atoms with van der Waals surface area (Å²) in [7, 11) is 4.07. The molecule has 3 rings (SSSR count). The molecule has 2 aromatic rings. The molecule has 3 nitrogen and oxygen atoms in total. The molecule has 0 saturated heterocycles. The molecule has 1 aliphatic carbocycles. The van der Waals surface area contributed by atoms with Gasteiger partial charge in [-0.25, -0.2) is 0 Å². The molecule has 98 valence electrons. The number of benzene rings is 1. The van der Waals surface area contributed by atoms with Gasteiger partial charge in [-0.2, -0.15) is 0 Å². The van der Waals surface area contributed by atoms with Crippen LogP contribution in [0.3, 0.4) is 0 Å². The van der Waals surface area contributed by atoms with E-state index in [1.165, 1.54) is 5.69 Å². The molecule has 0 atom stereocenters. The highest BCUT2D eigenvalue weighted by atomic mass is 16.1. The number of nitrogens with zero attached hydrogens (tertiary/aromatic N) is 2. The molecule has 0 fully saturated rings.